The van der Waals surface area contributed by atoms with Crippen molar-refractivity contribution < 1.29 is 14.3 Å². The monoisotopic (exact) mass is 510 g/mol. The molecule has 0 saturated carbocycles. The summed E-state index contributed by atoms with van der Waals surface area (Å²) in [6.45, 7) is 4.68. The second-order valence-electron chi connectivity index (χ2n) is 8.52. The van der Waals surface area contributed by atoms with Gasteiger partial charge >= 0.3 is 0 Å². The fourth-order valence-electron chi connectivity index (χ4n) is 4.22. The Morgan fingerprint density at radius 3 is 2.55 bits per heavy atom. The van der Waals surface area contributed by atoms with Gasteiger partial charge in [0.15, 0.2) is 0 Å². The lowest BCUT2D eigenvalue weighted by Gasteiger charge is -2.36. The molecule has 0 atom stereocenters. The number of rotatable bonds is 5. The van der Waals surface area contributed by atoms with Crippen LogP contribution in [-0.4, -0.2) is 68.7 Å². The van der Waals surface area contributed by atoms with Crippen LogP contribution in [0.1, 0.15) is 28.9 Å². The number of anilines is 2. The third kappa shape index (κ3) is 5.81. The number of carbonyl (C=O) groups is 2. The van der Waals surface area contributed by atoms with Crippen LogP contribution in [0.5, 0.6) is 0 Å². The van der Waals surface area contributed by atoms with Crippen LogP contribution in [0.4, 0.5) is 11.4 Å². The molecule has 10 heteroatoms. The van der Waals surface area contributed by atoms with Crippen LogP contribution in [0.25, 0.3) is 0 Å². The van der Waals surface area contributed by atoms with Gasteiger partial charge in [-0.05, 0) is 50.3 Å². The Labute approximate surface area is 208 Å². The van der Waals surface area contributed by atoms with Crippen molar-refractivity contribution in [1.29, 1.82) is 0 Å². The third-order valence-corrected chi connectivity index (χ3v) is 7.73. The molecular weight excluding hydrogens is 483 g/mol. The predicted molar refractivity (Wildman–Crippen MR) is 134 cm³/mol. The van der Waals surface area contributed by atoms with E-state index in [0.29, 0.717) is 46.0 Å². The third-order valence-electron chi connectivity index (χ3n) is 6.20. The molecule has 0 aliphatic carbocycles. The molecule has 4 rings (SSSR count). The van der Waals surface area contributed by atoms with E-state index in [4.69, 9.17) is 27.9 Å². The van der Waals surface area contributed by atoms with Gasteiger partial charge in [-0.15, -0.1) is 11.3 Å². The molecule has 0 unspecified atom stereocenters. The summed E-state index contributed by atoms with van der Waals surface area (Å²) in [4.78, 5) is 31.2. The molecule has 7 nitrogen and oxygen atoms in total. The van der Waals surface area contributed by atoms with E-state index in [9.17, 15) is 9.59 Å². The van der Waals surface area contributed by atoms with Crippen molar-refractivity contribution in [3.63, 3.8) is 0 Å². The average molecular weight is 511 g/mol. The van der Waals surface area contributed by atoms with E-state index >= 15 is 0 Å². The number of carbonyl (C=O) groups excluding carboxylic acids is 2. The molecule has 2 N–H and O–H groups in total. The Kier molecular flexibility index (Phi) is 7.81. The van der Waals surface area contributed by atoms with Gasteiger partial charge < -0.3 is 25.2 Å². The van der Waals surface area contributed by atoms with E-state index < -0.39 is 5.54 Å². The zero-order valence-electron chi connectivity index (χ0n) is 18.5. The van der Waals surface area contributed by atoms with Crippen molar-refractivity contribution in [3.8, 4) is 0 Å². The van der Waals surface area contributed by atoms with Gasteiger partial charge in [0.1, 0.15) is 5.54 Å². The highest BCUT2D eigenvalue weighted by atomic mass is 35.5. The molecule has 2 amide bonds. The Bertz CT molecular complexity index is 1010. The molecule has 0 bridgehead atoms. The molecule has 178 valence electrons. The summed E-state index contributed by atoms with van der Waals surface area (Å²) in [5.74, 6) is -0.592. The molecule has 2 aromatic rings. The standard InChI is InChI=1S/C23H28Cl2N4O3S/c1-28-9-2-10-29(12-11-28)18-4-3-16(15-17(18)24)26-22(31)23(7-13-32-14-8-23)27-21(30)19-5-6-20(25)33-19/h3-6,15H,2,7-14H2,1H3,(H,26,31)(H,27,30). The minimum absolute atomic E-state index is 0.276. The Hall–Kier alpha value is -1.84. The number of benzene rings is 1. The SMILES string of the molecule is CN1CCCN(c2ccc(NC(=O)C3(NC(=O)c4ccc(Cl)s4)CCOCC3)cc2Cl)CC1. The summed E-state index contributed by atoms with van der Waals surface area (Å²) in [5.41, 5.74) is 0.500. The van der Waals surface area contributed by atoms with Gasteiger partial charge in [0.2, 0.25) is 5.91 Å². The predicted octanol–water partition coefficient (Wildman–Crippen LogP) is 4.11. The highest BCUT2D eigenvalue weighted by Crippen LogP contribution is 2.31. The lowest BCUT2D eigenvalue weighted by Crippen LogP contribution is -2.59. The molecule has 2 fully saturated rings. The first-order valence-electron chi connectivity index (χ1n) is 11.1. The van der Waals surface area contributed by atoms with Crippen LogP contribution in [0.2, 0.25) is 9.36 Å². The van der Waals surface area contributed by atoms with Gasteiger partial charge in [-0.1, -0.05) is 23.2 Å². The number of ether oxygens (including phenoxy) is 1. The number of nitrogens with one attached hydrogen (secondary N) is 2. The molecule has 3 heterocycles. The summed E-state index contributed by atoms with van der Waals surface area (Å²) >= 11 is 13.8. The normalized spacial score (nSPS) is 19.1. The molecule has 33 heavy (non-hydrogen) atoms. The maximum absolute atomic E-state index is 13.4. The van der Waals surface area contributed by atoms with Crippen molar-refractivity contribution in [3.05, 3.63) is 44.6 Å². The van der Waals surface area contributed by atoms with Crippen LogP contribution in [0.3, 0.4) is 0 Å². The number of hydrogen-bond donors (Lipinski definition) is 2. The maximum atomic E-state index is 13.4. The molecule has 2 aliphatic rings. The van der Waals surface area contributed by atoms with Crippen molar-refractivity contribution in [2.45, 2.75) is 24.8 Å². The van der Waals surface area contributed by atoms with Crippen molar-refractivity contribution in [1.82, 2.24) is 10.2 Å². The van der Waals surface area contributed by atoms with Crippen LogP contribution in [0.15, 0.2) is 30.3 Å². The lowest BCUT2D eigenvalue weighted by molar-refractivity contribution is -0.125. The summed E-state index contributed by atoms with van der Waals surface area (Å²) in [6.07, 6.45) is 1.85. The van der Waals surface area contributed by atoms with Gasteiger partial charge in [-0.2, -0.15) is 0 Å². The van der Waals surface area contributed by atoms with Gasteiger partial charge in [-0.3, -0.25) is 9.59 Å². The number of hydrogen-bond acceptors (Lipinski definition) is 6. The first-order chi connectivity index (χ1) is 15.9. The molecule has 0 spiro atoms. The van der Waals surface area contributed by atoms with Crippen LogP contribution in [0, 0.1) is 0 Å². The van der Waals surface area contributed by atoms with Crippen LogP contribution >= 0.6 is 34.5 Å². The smallest absolute Gasteiger partial charge is 0.262 e. The minimum atomic E-state index is -1.06. The molecule has 1 aromatic heterocycles. The van der Waals surface area contributed by atoms with E-state index in [-0.39, 0.29) is 11.8 Å². The first-order valence-corrected chi connectivity index (χ1v) is 12.6. The number of thiophene rings is 1. The molecule has 1 aromatic carbocycles. The number of amides is 2. The van der Waals surface area contributed by atoms with Crippen LogP contribution in [-0.2, 0) is 9.53 Å². The van der Waals surface area contributed by atoms with Gasteiger partial charge in [0.25, 0.3) is 5.91 Å². The largest absolute Gasteiger partial charge is 0.381 e. The van der Waals surface area contributed by atoms with Gasteiger partial charge in [-0.25, -0.2) is 0 Å². The van der Waals surface area contributed by atoms with E-state index in [1.165, 1.54) is 11.3 Å². The summed E-state index contributed by atoms with van der Waals surface area (Å²) in [6, 6.07) is 8.92. The number of nitrogens with zero attached hydrogens (tertiary/aromatic N) is 2. The average Bonchev–Trinajstić information content (AvgIpc) is 3.12. The first kappa shape index (κ1) is 24.3. The quantitative estimate of drug-likeness (QED) is 0.632. The molecule has 2 saturated heterocycles. The topological polar surface area (TPSA) is 73.9 Å². The van der Waals surface area contributed by atoms with E-state index in [2.05, 4.69) is 27.5 Å². The number of halogens is 2. The summed E-state index contributed by atoms with van der Waals surface area (Å²) < 4.78 is 5.98. The maximum Gasteiger partial charge on any atom is 0.262 e. The Morgan fingerprint density at radius 1 is 1.06 bits per heavy atom. The van der Waals surface area contributed by atoms with Crippen molar-refractivity contribution in [2.24, 2.45) is 0 Å². The fourth-order valence-corrected chi connectivity index (χ4v) is 5.46. The van der Waals surface area contributed by atoms with Crippen molar-refractivity contribution in [2.75, 3.05) is 56.7 Å². The zero-order chi connectivity index (χ0) is 23.4. The van der Waals surface area contributed by atoms with Crippen LogP contribution < -0.4 is 15.5 Å². The van der Waals surface area contributed by atoms with E-state index in [1.54, 1.807) is 18.2 Å². The lowest BCUT2D eigenvalue weighted by atomic mass is 9.88. The van der Waals surface area contributed by atoms with E-state index in [1.807, 2.05) is 12.1 Å². The Morgan fingerprint density at radius 2 is 1.85 bits per heavy atom. The Balaban J connectivity index is 1.48. The highest BCUT2D eigenvalue weighted by molar-refractivity contribution is 7.18. The number of likely N-dealkylation sites (N-methyl/N-ethyl adjacent to an activating group) is 1. The van der Waals surface area contributed by atoms with Gasteiger partial charge in [0, 0.05) is 51.4 Å². The van der Waals surface area contributed by atoms with Gasteiger partial charge in [0.05, 0.1) is 19.9 Å². The summed E-state index contributed by atoms with van der Waals surface area (Å²) in [7, 11) is 2.13. The minimum Gasteiger partial charge on any atom is -0.381 e. The summed E-state index contributed by atoms with van der Waals surface area (Å²) in [5, 5.41) is 6.50. The molecule has 0 radical (unpaired) electrons. The highest BCUT2D eigenvalue weighted by Gasteiger charge is 2.42. The van der Waals surface area contributed by atoms with Crippen molar-refractivity contribution >= 4 is 57.7 Å². The van der Waals surface area contributed by atoms with E-state index in [0.717, 1.165) is 38.3 Å². The second kappa shape index (κ2) is 10.6. The molecule has 2 aliphatic heterocycles. The molecular formula is C23H28Cl2N4O3S. The second-order valence-corrected chi connectivity index (χ2v) is 10.6. The fraction of sp³-hybridized carbons (Fsp3) is 0.478. The zero-order valence-corrected chi connectivity index (χ0v) is 20.9.